The molecule has 2 atom stereocenters. The summed E-state index contributed by atoms with van der Waals surface area (Å²) < 4.78 is 6.01. The zero-order valence-electron chi connectivity index (χ0n) is 12.7. The summed E-state index contributed by atoms with van der Waals surface area (Å²) in [6, 6.07) is 0.281. The van der Waals surface area contributed by atoms with E-state index < -0.39 is 0 Å². The molecular weight excluding hydrogens is 224 g/mol. The number of rotatable bonds is 5. The predicted octanol–water partition coefficient (Wildman–Crippen LogP) is 3.24. The molecule has 2 unspecified atom stereocenters. The zero-order chi connectivity index (χ0) is 13.6. The van der Waals surface area contributed by atoms with Gasteiger partial charge in [-0.3, -0.25) is 11.3 Å². The van der Waals surface area contributed by atoms with E-state index in [9.17, 15) is 0 Å². The van der Waals surface area contributed by atoms with Crippen LogP contribution >= 0.6 is 0 Å². The minimum absolute atomic E-state index is 0.124. The van der Waals surface area contributed by atoms with Crippen LogP contribution < -0.4 is 11.3 Å². The monoisotopic (exact) mass is 256 g/mol. The van der Waals surface area contributed by atoms with Crippen LogP contribution in [0.1, 0.15) is 66.2 Å². The highest BCUT2D eigenvalue weighted by molar-refractivity contribution is 4.90. The van der Waals surface area contributed by atoms with Gasteiger partial charge in [0, 0.05) is 6.61 Å². The van der Waals surface area contributed by atoms with Crippen LogP contribution in [0, 0.1) is 11.3 Å². The Labute approximate surface area is 113 Å². The zero-order valence-corrected chi connectivity index (χ0v) is 12.7. The second-order valence-corrected chi connectivity index (χ2v) is 6.69. The smallest absolute Gasteiger partial charge is 0.0792 e. The van der Waals surface area contributed by atoms with Crippen LogP contribution in [0.25, 0.3) is 0 Å². The molecule has 108 valence electrons. The lowest BCUT2D eigenvalue weighted by atomic mass is 9.77. The van der Waals surface area contributed by atoms with Gasteiger partial charge in [0.15, 0.2) is 0 Å². The SMILES string of the molecule is CCOC(C(NN)C1CCCCCC1)C(C)(C)C. The van der Waals surface area contributed by atoms with Gasteiger partial charge in [0.25, 0.3) is 0 Å². The Hall–Kier alpha value is -0.120. The summed E-state index contributed by atoms with van der Waals surface area (Å²) in [5.74, 6) is 6.51. The number of hydrogen-bond donors (Lipinski definition) is 2. The van der Waals surface area contributed by atoms with Gasteiger partial charge in [0.05, 0.1) is 12.1 Å². The summed E-state index contributed by atoms with van der Waals surface area (Å²) in [7, 11) is 0. The molecule has 0 aliphatic heterocycles. The minimum Gasteiger partial charge on any atom is -0.376 e. The molecule has 18 heavy (non-hydrogen) atoms. The third kappa shape index (κ3) is 4.52. The highest BCUT2D eigenvalue weighted by Crippen LogP contribution is 2.33. The molecule has 0 saturated heterocycles. The molecule has 0 amide bonds. The molecule has 0 aromatic heterocycles. The molecule has 1 aliphatic rings. The molecule has 3 nitrogen and oxygen atoms in total. The Bertz CT molecular complexity index is 217. The van der Waals surface area contributed by atoms with Gasteiger partial charge in [-0.15, -0.1) is 0 Å². The van der Waals surface area contributed by atoms with E-state index >= 15 is 0 Å². The average Bonchev–Trinajstić information content (AvgIpc) is 2.56. The first kappa shape index (κ1) is 15.9. The Morgan fingerprint density at radius 3 is 2.11 bits per heavy atom. The summed E-state index contributed by atoms with van der Waals surface area (Å²) in [6.07, 6.45) is 8.20. The fourth-order valence-corrected chi connectivity index (χ4v) is 3.21. The van der Waals surface area contributed by atoms with E-state index in [1.807, 2.05) is 0 Å². The van der Waals surface area contributed by atoms with Crippen LogP contribution in [0.3, 0.4) is 0 Å². The predicted molar refractivity (Wildman–Crippen MR) is 77.2 cm³/mol. The van der Waals surface area contributed by atoms with E-state index in [-0.39, 0.29) is 17.6 Å². The van der Waals surface area contributed by atoms with Gasteiger partial charge < -0.3 is 4.74 Å². The number of ether oxygens (including phenoxy) is 1. The second kappa shape index (κ2) is 7.46. The van der Waals surface area contributed by atoms with Gasteiger partial charge in [0.1, 0.15) is 0 Å². The summed E-state index contributed by atoms with van der Waals surface area (Å²) >= 11 is 0. The highest BCUT2D eigenvalue weighted by atomic mass is 16.5. The van der Waals surface area contributed by atoms with Crippen molar-refractivity contribution >= 4 is 0 Å². The molecule has 0 bridgehead atoms. The van der Waals surface area contributed by atoms with Crippen molar-refractivity contribution in [2.75, 3.05) is 6.61 Å². The lowest BCUT2D eigenvalue weighted by Gasteiger charge is -2.40. The molecule has 3 heteroatoms. The summed E-state index contributed by atoms with van der Waals surface area (Å²) in [5.41, 5.74) is 3.19. The van der Waals surface area contributed by atoms with Crippen molar-refractivity contribution in [3.63, 3.8) is 0 Å². The van der Waals surface area contributed by atoms with E-state index in [4.69, 9.17) is 10.6 Å². The topological polar surface area (TPSA) is 47.3 Å². The van der Waals surface area contributed by atoms with Gasteiger partial charge in [-0.1, -0.05) is 46.5 Å². The third-order valence-corrected chi connectivity index (χ3v) is 4.13. The molecule has 1 fully saturated rings. The van der Waals surface area contributed by atoms with E-state index in [1.165, 1.54) is 38.5 Å². The Morgan fingerprint density at radius 2 is 1.72 bits per heavy atom. The van der Waals surface area contributed by atoms with Crippen molar-refractivity contribution in [1.29, 1.82) is 0 Å². The summed E-state index contributed by atoms with van der Waals surface area (Å²) in [5, 5.41) is 0. The quantitative estimate of drug-likeness (QED) is 0.451. The van der Waals surface area contributed by atoms with E-state index in [0.717, 1.165) is 6.61 Å². The summed E-state index contributed by atoms with van der Waals surface area (Å²) in [6.45, 7) is 9.56. The molecule has 0 aromatic rings. The number of hydrazine groups is 1. The fourth-order valence-electron chi connectivity index (χ4n) is 3.21. The molecule has 1 aliphatic carbocycles. The first-order chi connectivity index (χ1) is 8.50. The van der Waals surface area contributed by atoms with Gasteiger partial charge in [-0.25, -0.2) is 0 Å². The fraction of sp³-hybridized carbons (Fsp3) is 1.00. The van der Waals surface area contributed by atoms with Crippen molar-refractivity contribution in [1.82, 2.24) is 5.43 Å². The van der Waals surface area contributed by atoms with Crippen LogP contribution in [0.15, 0.2) is 0 Å². The summed E-state index contributed by atoms with van der Waals surface area (Å²) in [4.78, 5) is 0. The first-order valence-electron chi connectivity index (χ1n) is 7.58. The van der Waals surface area contributed by atoms with Crippen molar-refractivity contribution < 1.29 is 4.74 Å². The van der Waals surface area contributed by atoms with Gasteiger partial charge in [-0.2, -0.15) is 0 Å². The molecule has 1 rings (SSSR count). The third-order valence-electron chi connectivity index (χ3n) is 4.13. The van der Waals surface area contributed by atoms with Crippen molar-refractivity contribution in [3.8, 4) is 0 Å². The number of nitrogens with two attached hydrogens (primary N) is 1. The van der Waals surface area contributed by atoms with E-state index in [0.29, 0.717) is 5.92 Å². The molecule has 0 aromatic carbocycles. The van der Waals surface area contributed by atoms with Crippen molar-refractivity contribution in [2.45, 2.75) is 78.4 Å². The maximum atomic E-state index is 6.01. The maximum Gasteiger partial charge on any atom is 0.0792 e. The van der Waals surface area contributed by atoms with Crippen molar-refractivity contribution in [3.05, 3.63) is 0 Å². The van der Waals surface area contributed by atoms with Crippen molar-refractivity contribution in [2.24, 2.45) is 17.2 Å². The normalized spacial score (nSPS) is 22.5. The van der Waals surface area contributed by atoms with Crippen LogP contribution in [0.2, 0.25) is 0 Å². The molecule has 1 saturated carbocycles. The Morgan fingerprint density at radius 1 is 1.17 bits per heavy atom. The van der Waals surface area contributed by atoms with E-state index in [1.54, 1.807) is 0 Å². The van der Waals surface area contributed by atoms with Crippen LogP contribution in [-0.4, -0.2) is 18.8 Å². The lowest BCUT2D eigenvalue weighted by molar-refractivity contribution is -0.0506. The lowest BCUT2D eigenvalue weighted by Crippen LogP contribution is -2.54. The highest BCUT2D eigenvalue weighted by Gasteiger charge is 2.37. The molecule has 0 heterocycles. The first-order valence-corrected chi connectivity index (χ1v) is 7.58. The average molecular weight is 256 g/mol. The largest absolute Gasteiger partial charge is 0.376 e. The second-order valence-electron chi connectivity index (χ2n) is 6.69. The Kier molecular flexibility index (Phi) is 6.61. The maximum absolute atomic E-state index is 6.01. The molecule has 3 N–H and O–H groups in total. The Balaban J connectivity index is 2.76. The van der Waals surface area contributed by atoms with Crippen LogP contribution in [-0.2, 0) is 4.74 Å². The minimum atomic E-state index is 0.124. The van der Waals surface area contributed by atoms with Crippen LogP contribution in [0.4, 0.5) is 0 Å². The molecular formula is C15H32N2O. The van der Waals surface area contributed by atoms with Gasteiger partial charge >= 0.3 is 0 Å². The van der Waals surface area contributed by atoms with Crippen LogP contribution in [0.5, 0.6) is 0 Å². The number of nitrogens with one attached hydrogen (secondary N) is 1. The number of hydrogen-bond acceptors (Lipinski definition) is 3. The standard InChI is InChI=1S/C15H32N2O/c1-5-18-14(15(2,3)4)13(17-16)12-10-8-6-7-9-11-12/h12-14,17H,5-11,16H2,1-4H3. The van der Waals surface area contributed by atoms with Gasteiger partial charge in [0.2, 0.25) is 0 Å². The van der Waals surface area contributed by atoms with E-state index in [2.05, 4.69) is 33.1 Å². The molecule has 0 spiro atoms. The van der Waals surface area contributed by atoms with Gasteiger partial charge in [-0.05, 0) is 31.1 Å². The molecule has 0 radical (unpaired) electrons.